The molecule has 0 saturated carbocycles. The van der Waals surface area contributed by atoms with E-state index in [1.54, 1.807) is 0 Å². The van der Waals surface area contributed by atoms with Crippen LogP contribution in [0.4, 0.5) is 0 Å². The maximum Gasteiger partial charge on any atom is 0.0295 e. The molecule has 0 aliphatic heterocycles. The lowest BCUT2D eigenvalue weighted by atomic mass is 9.90. The van der Waals surface area contributed by atoms with Crippen molar-refractivity contribution in [2.75, 3.05) is 5.88 Å². The summed E-state index contributed by atoms with van der Waals surface area (Å²) >= 11 is 6.20. The first-order valence-electron chi connectivity index (χ1n) is 6.79. The van der Waals surface area contributed by atoms with Crippen LogP contribution in [0.2, 0.25) is 0 Å². The van der Waals surface area contributed by atoms with Gasteiger partial charge in [-0.1, -0.05) is 53.6 Å². The van der Waals surface area contributed by atoms with Gasteiger partial charge in [0.2, 0.25) is 0 Å². The molecule has 0 aliphatic rings. The van der Waals surface area contributed by atoms with Gasteiger partial charge in [0.15, 0.2) is 0 Å². The van der Waals surface area contributed by atoms with Crippen LogP contribution in [-0.2, 0) is 6.42 Å². The number of benzene rings is 2. The third-order valence-electron chi connectivity index (χ3n) is 3.67. The molecule has 0 heterocycles. The lowest BCUT2D eigenvalue weighted by Gasteiger charge is -2.17. The van der Waals surface area contributed by atoms with Gasteiger partial charge in [-0.15, -0.1) is 11.6 Å². The average molecular weight is 273 g/mol. The number of alkyl halides is 1. The monoisotopic (exact) mass is 272 g/mol. The van der Waals surface area contributed by atoms with Gasteiger partial charge in [-0.25, -0.2) is 0 Å². The van der Waals surface area contributed by atoms with Gasteiger partial charge in [-0.2, -0.15) is 0 Å². The summed E-state index contributed by atoms with van der Waals surface area (Å²) in [4.78, 5) is 0. The van der Waals surface area contributed by atoms with Crippen molar-refractivity contribution in [1.82, 2.24) is 0 Å². The standard InChI is InChI=1S/C18H21Cl/c1-13-5-4-6-16(9-13)18(12-19)11-17-10-14(2)7-8-15(17)3/h4-10,18H,11-12H2,1-3H3. The first-order valence-corrected chi connectivity index (χ1v) is 7.32. The molecule has 1 unspecified atom stereocenters. The molecule has 0 fully saturated rings. The van der Waals surface area contributed by atoms with E-state index in [0.29, 0.717) is 11.8 Å². The van der Waals surface area contributed by atoms with Crippen LogP contribution >= 0.6 is 11.6 Å². The van der Waals surface area contributed by atoms with Gasteiger partial charge in [0.25, 0.3) is 0 Å². The van der Waals surface area contributed by atoms with E-state index in [0.717, 1.165) is 6.42 Å². The number of hydrogen-bond donors (Lipinski definition) is 0. The zero-order chi connectivity index (χ0) is 13.8. The van der Waals surface area contributed by atoms with Crippen LogP contribution in [0, 0.1) is 20.8 Å². The highest BCUT2D eigenvalue weighted by atomic mass is 35.5. The van der Waals surface area contributed by atoms with E-state index in [2.05, 4.69) is 63.2 Å². The normalized spacial score (nSPS) is 12.4. The van der Waals surface area contributed by atoms with E-state index >= 15 is 0 Å². The largest absolute Gasteiger partial charge is 0.126 e. The summed E-state index contributed by atoms with van der Waals surface area (Å²) in [5.41, 5.74) is 6.73. The first-order chi connectivity index (χ1) is 9.10. The first kappa shape index (κ1) is 14.1. The van der Waals surface area contributed by atoms with Crippen LogP contribution < -0.4 is 0 Å². The van der Waals surface area contributed by atoms with Crippen molar-refractivity contribution in [1.29, 1.82) is 0 Å². The molecule has 2 aromatic rings. The van der Waals surface area contributed by atoms with Gasteiger partial charge < -0.3 is 0 Å². The van der Waals surface area contributed by atoms with E-state index in [-0.39, 0.29) is 0 Å². The second kappa shape index (κ2) is 6.25. The summed E-state index contributed by atoms with van der Waals surface area (Å²) in [5, 5.41) is 0. The van der Waals surface area contributed by atoms with Gasteiger partial charge in [0.05, 0.1) is 0 Å². The Balaban J connectivity index is 2.26. The predicted molar refractivity (Wildman–Crippen MR) is 84.3 cm³/mol. The number of aryl methyl sites for hydroxylation is 3. The third kappa shape index (κ3) is 3.61. The fraction of sp³-hybridized carbons (Fsp3) is 0.333. The Labute approximate surface area is 121 Å². The Kier molecular flexibility index (Phi) is 4.66. The van der Waals surface area contributed by atoms with Crippen LogP contribution in [0.1, 0.15) is 33.7 Å². The maximum atomic E-state index is 6.20. The molecule has 0 nitrogen and oxygen atoms in total. The fourth-order valence-electron chi connectivity index (χ4n) is 2.47. The Hall–Kier alpha value is -1.27. The third-order valence-corrected chi connectivity index (χ3v) is 4.04. The second-order valence-electron chi connectivity index (χ2n) is 5.40. The zero-order valence-electron chi connectivity index (χ0n) is 11.9. The molecule has 0 aromatic heterocycles. The zero-order valence-corrected chi connectivity index (χ0v) is 12.7. The van der Waals surface area contributed by atoms with E-state index in [1.807, 2.05) is 0 Å². The Morgan fingerprint density at radius 1 is 0.947 bits per heavy atom. The van der Waals surface area contributed by atoms with Crippen LogP contribution in [0.15, 0.2) is 42.5 Å². The predicted octanol–water partition coefficient (Wildman–Crippen LogP) is 5.18. The number of rotatable bonds is 4. The lowest BCUT2D eigenvalue weighted by Crippen LogP contribution is -2.06. The van der Waals surface area contributed by atoms with Crippen molar-refractivity contribution in [3.63, 3.8) is 0 Å². The molecule has 19 heavy (non-hydrogen) atoms. The van der Waals surface area contributed by atoms with Gasteiger partial charge in [-0.05, 0) is 43.9 Å². The maximum absolute atomic E-state index is 6.20. The molecule has 0 N–H and O–H groups in total. The highest BCUT2D eigenvalue weighted by Crippen LogP contribution is 2.25. The van der Waals surface area contributed by atoms with Gasteiger partial charge in [-0.3, -0.25) is 0 Å². The molecular formula is C18H21Cl. The van der Waals surface area contributed by atoms with Crippen molar-refractivity contribution >= 4 is 11.6 Å². The quantitative estimate of drug-likeness (QED) is 0.673. The molecule has 2 aromatic carbocycles. The lowest BCUT2D eigenvalue weighted by molar-refractivity contribution is 0.761. The average Bonchev–Trinajstić information content (AvgIpc) is 2.39. The smallest absolute Gasteiger partial charge is 0.0295 e. The SMILES string of the molecule is Cc1cccc(C(CCl)Cc2cc(C)ccc2C)c1. The van der Waals surface area contributed by atoms with Gasteiger partial charge in [0, 0.05) is 11.8 Å². The summed E-state index contributed by atoms with van der Waals surface area (Å²) in [7, 11) is 0. The Morgan fingerprint density at radius 2 is 1.68 bits per heavy atom. The highest BCUT2D eigenvalue weighted by Gasteiger charge is 2.13. The van der Waals surface area contributed by atoms with Crippen LogP contribution in [0.5, 0.6) is 0 Å². The topological polar surface area (TPSA) is 0 Å². The van der Waals surface area contributed by atoms with Crippen LogP contribution in [0.3, 0.4) is 0 Å². The number of halogens is 1. The van der Waals surface area contributed by atoms with E-state index in [4.69, 9.17) is 11.6 Å². The van der Waals surface area contributed by atoms with Crippen LogP contribution in [-0.4, -0.2) is 5.88 Å². The van der Waals surface area contributed by atoms with Crippen molar-refractivity contribution in [3.05, 3.63) is 70.3 Å². The number of hydrogen-bond acceptors (Lipinski definition) is 0. The molecule has 0 bridgehead atoms. The summed E-state index contributed by atoms with van der Waals surface area (Å²) in [6.45, 7) is 6.45. The summed E-state index contributed by atoms with van der Waals surface area (Å²) in [6, 6.07) is 15.3. The molecule has 0 amide bonds. The molecule has 2 rings (SSSR count). The van der Waals surface area contributed by atoms with Crippen molar-refractivity contribution in [2.45, 2.75) is 33.1 Å². The van der Waals surface area contributed by atoms with E-state index in [9.17, 15) is 0 Å². The minimum Gasteiger partial charge on any atom is -0.126 e. The highest BCUT2D eigenvalue weighted by molar-refractivity contribution is 6.18. The summed E-state index contributed by atoms with van der Waals surface area (Å²) in [6.07, 6.45) is 1.01. The minimum atomic E-state index is 0.391. The molecule has 0 saturated heterocycles. The molecule has 0 radical (unpaired) electrons. The Morgan fingerprint density at radius 3 is 2.37 bits per heavy atom. The summed E-state index contributed by atoms with van der Waals surface area (Å²) in [5.74, 6) is 1.05. The molecule has 1 heteroatoms. The van der Waals surface area contributed by atoms with Crippen molar-refractivity contribution in [2.24, 2.45) is 0 Å². The van der Waals surface area contributed by atoms with Crippen molar-refractivity contribution in [3.8, 4) is 0 Å². The van der Waals surface area contributed by atoms with Crippen molar-refractivity contribution < 1.29 is 0 Å². The Bertz CT molecular complexity index is 557. The summed E-state index contributed by atoms with van der Waals surface area (Å²) < 4.78 is 0. The molecular weight excluding hydrogens is 252 g/mol. The van der Waals surface area contributed by atoms with Crippen LogP contribution in [0.25, 0.3) is 0 Å². The van der Waals surface area contributed by atoms with E-state index in [1.165, 1.54) is 27.8 Å². The van der Waals surface area contributed by atoms with Gasteiger partial charge >= 0.3 is 0 Å². The minimum absolute atomic E-state index is 0.391. The molecule has 0 aliphatic carbocycles. The van der Waals surface area contributed by atoms with Gasteiger partial charge in [0.1, 0.15) is 0 Å². The fourth-order valence-corrected chi connectivity index (χ4v) is 2.76. The molecule has 100 valence electrons. The second-order valence-corrected chi connectivity index (χ2v) is 5.71. The molecule has 0 spiro atoms. The van der Waals surface area contributed by atoms with E-state index < -0.39 is 0 Å². The molecule has 1 atom stereocenters.